The van der Waals surface area contributed by atoms with Gasteiger partial charge in [0.25, 0.3) is 0 Å². The van der Waals surface area contributed by atoms with Crippen LogP contribution in [0.2, 0.25) is 0 Å². The van der Waals surface area contributed by atoms with E-state index in [0.29, 0.717) is 6.61 Å². The highest BCUT2D eigenvalue weighted by atomic mass is 16.5. The molecule has 0 radical (unpaired) electrons. The van der Waals surface area contributed by atoms with Crippen molar-refractivity contribution in [1.82, 2.24) is 9.97 Å². The smallest absolute Gasteiger partial charge is 0.163 e. The number of unbranched alkanes of at least 4 members (excludes halogenated alkanes) is 4. The summed E-state index contributed by atoms with van der Waals surface area (Å²) in [5.41, 5.74) is 2.02. The molecule has 0 spiro atoms. The van der Waals surface area contributed by atoms with E-state index < -0.39 is 0 Å². The highest BCUT2D eigenvalue weighted by Crippen LogP contribution is 2.33. The van der Waals surface area contributed by atoms with Crippen LogP contribution >= 0.6 is 0 Å². The lowest BCUT2D eigenvalue weighted by Gasteiger charge is -2.05. The lowest BCUT2D eigenvalue weighted by Crippen LogP contribution is -1.97. The number of H-pyrrole nitrogens is 1. The maximum atomic E-state index is 5.72. The number of aryl methyl sites for hydroxylation is 1. The Morgan fingerprint density at radius 1 is 1.05 bits per heavy atom. The van der Waals surface area contributed by atoms with Crippen LogP contribution in [0.5, 0.6) is 11.5 Å². The molecule has 2 heterocycles. The molecule has 0 saturated heterocycles. The molecular weight excluding hydrogens is 264 g/mol. The van der Waals surface area contributed by atoms with Gasteiger partial charge in [-0.25, -0.2) is 4.98 Å². The molecule has 0 atom stereocenters. The summed E-state index contributed by atoms with van der Waals surface area (Å²) < 4.78 is 11.4. The van der Waals surface area contributed by atoms with E-state index >= 15 is 0 Å². The predicted octanol–water partition coefficient (Wildman–Crippen LogP) is 4.24. The van der Waals surface area contributed by atoms with E-state index in [0.717, 1.165) is 47.8 Å². The van der Waals surface area contributed by atoms with Gasteiger partial charge in [-0.1, -0.05) is 32.6 Å². The fourth-order valence-electron chi connectivity index (χ4n) is 2.73. The lowest BCUT2D eigenvalue weighted by atomic mass is 10.1. The van der Waals surface area contributed by atoms with E-state index in [9.17, 15) is 0 Å². The minimum Gasteiger partial charge on any atom is -0.489 e. The van der Waals surface area contributed by atoms with Crippen LogP contribution in [0.3, 0.4) is 0 Å². The van der Waals surface area contributed by atoms with Gasteiger partial charge in [0.15, 0.2) is 11.5 Å². The zero-order chi connectivity index (χ0) is 14.5. The first-order valence-electron chi connectivity index (χ1n) is 8.15. The number of fused-ring (bicyclic) bond motifs is 2. The van der Waals surface area contributed by atoms with E-state index in [1.165, 1.54) is 32.1 Å². The number of rotatable bonds is 6. The Hall–Kier alpha value is -1.71. The number of ether oxygens (including phenoxy) is 2. The normalized spacial score (nSPS) is 14.3. The van der Waals surface area contributed by atoms with E-state index in [2.05, 4.69) is 16.9 Å². The van der Waals surface area contributed by atoms with Crippen molar-refractivity contribution in [2.45, 2.75) is 51.9 Å². The average Bonchev–Trinajstić information content (AvgIpc) is 2.73. The summed E-state index contributed by atoms with van der Waals surface area (Å²) in [7, 11) is 0. The summed E-state index contributed by atoms with van der Waals surface area (Å²) >= 11 is 0. The molecule has 3 rings (SSSR count). The molecule has 1 aliphatic rings. The second-order valence-electron chi connectivity index (χ2n) is 5.71. The molecule has 114 valence electrons. The molecule has 1 aliphatic heterocycles. The van der Waals surface area contributed by atoms with Gasteiger partial charge in [-0.15, -0.1) is 0 Å². The fourth-order valence-corrected chi connectivity index (χ4v) is 2.73. The summed E-state index contributed by atoms with van der Waals surface area (Å²) in [6.07, 6.45) is 8.38. The largest absolute Gasteiger partial charge is 0.489 e. The third kappa shape index (κ3) is 3.49. The Balaban J connectivity index is 1.68. The molecule has 0 unspecified atom stereocenters. The number of benzene rings is 1. The molecule has 4 heteroatoms. The molecule has 0 amide bonds. The van der Waals surface area contributed by atoms with Gasteiger partial charge >= 0.3 is 0 Å². The number of hydrogen-bond donors (Lipinski definition) is 1. The molecule has 4 nitrogen and oxygen atoms in total. The van der Waals surface area contributed by atoms with Crippen molar-refractivity contribution >= 4 is 11.0 Å². The molecule has 1 aromatic carbocycles. The van der Waals surface area contributed by atoms with Crippen molar-refractivity contribution < 1.29 is 9.47 Å². The Morgan fingerprint density at radius 3 is 2.62 bits per heavy atom. The number of imidazole rings is 1. The van der Waals surface area contributed by atoms with Crippen LogP contribution in [0.1, 0.15) is 51.3 Å². The predicted molar refractivity (Wildman–Crippen MR) is 84.2 cm³/mol. The maximum absolute atomic E-state index is 5.72. The molecule has 0 bridgehead atoms. The van der Waals surface area contributed by atoms with Gasteiger partial charge < -0.3 is 14.5 Å². The van der Waals surface area contributed by atoms with E-state index in [1.54, 1.807) is 0 Å². The Bertz CT molecular complexity index is 549. The van der Waals surface area contributed by atoms with Crippen LogP contribution in [0.4, 0.5) is 0 Å². The molecule has 1 N–H and O–H groups in total. The highest BCUT2D eigenvalue weighted by Gasteiger charge is 2.13. The van der Waals surface area contributed by atoms with Crippen molar-refractivity contribution in [2.24, 2.45) is 0 Å². The van der Waals surface area contributed by atoms with Crippen LogP contribution in [-0.2, 0) is 6.42 Å². The minimum absolute atomic E-state index is 0.715. The molecule has 0 saturated carbocycles. The SMILES string of the molecule is CCCCCCCc1nc2cc3c(cc2[nH]1)OCCCO3. The van der Waals surface area contributed by atoms with Gasteiger partial charge in [-0.3, -0.25) is 0 Å². The quantitative estimate of drug-likeness (QED) is 0.809. The molecule has 21 heavy (non-hydrogen) atoms. The third-order valence-electron chi connectivity index (χ3n) is 3.92. The van der Waals surface area contributed by atoms with Crippen molar-refractivity contribution in [1.29, 1.82) is 0 Å². The first-order chi connectivity index (χ1) is 10.4. The molecule has 0 aliphatic carbocycles. The summed E-state index contributed by atoms with van der Waals surface area (Å²) in [5, 5.41) is 0. The summed E-state index contributed by atoms with van der Waals surface area (Å²) in [5.74, 6) is 2.72. The minimum atomic E-state index is 0.715. The molecule has 2 aromatic rings. The number of aromatic amines is 1. The topological polar surface area (TPSA) is 47.1 Å². The van der Waals surface area contributed by atoms with Crippen molar-refractivity contribution in [2.75, 3.05) is 13.2 Å². The van der Waals surface area contributed by atoms with Gasteiger partial charge in [0, 0.05) is 25.0 Å². The highest BCUT2D eigenvalue weighted by molar-refractivity contribution is 5.79. The Morgan fingerprint density at radius 2 is 1.81 bits per heavy atom. The third-order valence-corrected chi connectivity index (χ3v) is 3.92. The van der Waals surface area contributed by atoms with Crippen LogP contribution in [0.15, 0.2) is 12.1 Å². The maximum Gasteiger partial charge on any atom is 0.163 e. The van der Waals surface area contributed by atoms with Gasteiger partial charge in [-0.05, 0) is 6.42 Å². The first-order valence-corrected chi connectivity index (χ1v) is 8.15. The van der Waals surface area contributed by atoms with Crippen LogP contribution in [0, 0.1) is 0 Å². The number of hydrogen-bond acceptors (Lipinski definition) is 3. The monoisotopic (exact) mass is 288 g/mol. The van der Waals surface area contributed by atoms with E-state index in [-0.39, 0.29) is 0 Å². The standard InChI is InChI=1S/C17H24N2O2/c1-2-3-4-5-6-8-17-18-13-11-15-16(12-14(13)19-17)21-10-7-9-20-15/h11-12H,2-10H2,1H3,(H,18,19). The fraction of sp³-hybridized carbons (Fsp3) is 0.588. The van der Waals surface area contributed by atoms with Crippen molar-refractivity contribution in [3.63, 3.8) is 0 Å². The molecular formula is C17H24N2O2. The second-order valence-corrected chi connectivity index (χ2v) is 5.71. The lowest BCUT2D eigenvalue weighted by molar-refractivity contribution is 0.297. The Kier molecular flexibility index (Phi) is 4.63. The van der Waals surface area contributed by atoms with Gasteiger partial charge in [0.1, 0.15) is 5.82 Å². The van der Waals surface area contributed by atoms with E-state index in [1.807, 2.05) is 12.1 Å². The van der Waals surface area contributed by atoms with Crippen LogP contribution in [-0.4, -0.2) is 23.2 Å². The van der Waals surface area contributed by atoms with Crippen molar-refractivity contribution in [3.8, 4) is 11.5 Å². The first kappa shape index (κ1) is 14.2. The van der Waals surface area contributed by atoms with Gasteiger partial charge in [0.05, 0.1) is 24.2 Å². The number of aromatic nitrogens is 2. The average molecular weight is 288 g/mol. The zero-order valence-corrected chi connectivity index (χ0v) is 12.8. The summed E-state index contributed by atoms with van der Waals surface area (Å²) in [6, 6.07) is 4.01. The van der Waals surface area contributed by atoms with Gasteiger partial charge in [0.2, 0.25) is 0 Å². The Labute approximate surface area is 125 Å². The van der Waals surface area contributed by atoms with Crippen molar-refractivity contribution in [3.05, 3.63) is 18.0 Å². The molecule has 0 fully saturated rings. The van der Waals surface area contributed by atoms with E-state index in [4.69, 9.17) is 9.47 Å². The zero-order valence-electron chi connectivity index (χ0n) is 12.8. The summed E-state index contributed by atoms with van der Waals surface area (Å²) in [6.45, 7) is 3.68. The van der Waals surface area contributed by atoms with Crippen LogP contribution in [0.25, 0.3) is 11.0 Å². The van der Waals surface area contributed by atoms with Gasteiger partial charge in [-0.2, -0.15) is 0 Å². The van der Waals surface area contributed by atoms with Crippen LogP contribution < -0.4 is 9.47 Å². The molecule has 1 aromatic heterocycles. The number of nitrogens with one attached hydrogen (secondary N) is 1. The number of nitrogens with zero attached hydrogens (tertiary/aromatic N) is 1. The summed E-state index contributed by atoms with van der Waals surface area (Å²) in [4.78, 5) is 8.09. The second kappa shape index (κ2) is 6.83.